The highest BCUT2D eigenvalue weighted by molar-refractivity contribution is 5.79. The molecule has 0 aliphatic heterocycles. The molecule has 0 fully saturated rings. The normalized spacial score (nSPS) is 11.4. The van der Waals surface area contributed by atoms with E-state index in [1.165, 1.54) is 6.07 Å². The van der Waals surface area contributed by atoms with E-state index in [0.717, 1.165) is 44.7 Å². The van der Waals surface area contributed by atoms with E-state index in [1.807, 2.05) is 13.8 Å². The molecule has 1 aromatic carbocycles. The van der Waals surface area contributed by atoms with Gasteiger partial charge in [0, 0.05) is 32.4 Å². The van der Waals surface area contributed by atoms with Crippen LogP contribution in [0.15, 0.2) is 23.2 Å². The second kappa shape index (κ2) is 12.5. The summed E-state index contributed by atoms with van der Waals surface area (Å²) < 4.78 is 36.5. The summed E-state index contributed by atoms with van der Waals surface area (Å²) in [5, 5.41) is 6.28. The largest absolute Gasteiger partial charge is 0.492 e. The molecule has 24 heavy (non-hydrogen) atoms. The zero-order chi connectivity index (χ0) is 17.6. The molecular formula is C17H27F2N3O2. The van der Waals surface area contributed by atoms with E-state index in [-0.39, 0.29) is 0 Å². The maximum absolute atomic E-state index is 13.1. The first kappa shape index (κ1) is 20.2. The van der Waals surface area contributed by atoms with Gasteiger partial charge in [0.2, 0.25) is 0 Å². The number of rotatable bonds is 11. The number of ether oxygens (including phenoxy) is 2. The zero-order valence-corrected chi connectivity index (χ0v) is 14.4. The van der Waals surface area contributed by atoms with Crippen LogP contribution in [0.25, 0.3) is 0 Å². The van der Waals surface area contributed by atoms with E-state index in [2.05, 4.69) is 15.6 Å². The third-order valence-corrected chi connectivity index (χ3v) is 3.07. The summed E-state index contributed by atoms with van der Waals surface area (Å²) in [4.78, 5) is 4.46. The third kappa shape index (κ3) is 8.67. The number of nitrogens with zero attached hydrogens (tertiary/aromatic N) is 1. The third-order valence-electron chi connectivity index (χ3n) is 3.07. The van der Waals surface area contributed by atoms with Crippen molar-refractivity contribution in [3.63, 3.8) is 0 Å². The Balaban J connectivity index is 2.25. The fraction of sp³-hybridized carbons (Fsp3) is 0.588. The summed E-state index contributed by atoms with van der Waals surface area (Å²) in [6.07, 6.45) is 1.94. The molecule has 0 aliphatic rings. The molecule has 7 heteroatoms. The van der Waals surface area contributed by atoms with Crippen LogP contribution in [0, 0.1) is 11.6 Å². The van der Waals surface area contributed by atoms with Gasteiger partial charge in [0.15, 0.2) is 17.6 Å². The molecule has 2 N–H and O–H groups in total. The van der Waals surface area contributed by atoms with E-state index in [1.54, 1.807) is 0 Å². The lowest BCUT2D eigenvalue weighted by Gasteiger charge is -2.12. The first-order valence-electron chi connectivity index (χ1n) is 8.35. The van der Waals surface area contributed by atoms with Gasteiger partial charge in [-0.2, -0.15) is 0 Å². The minimum atomic E-state index is -0.914. The minimum Gasteiger partial charge on any atom is -0.492 e. The fourth-order valence-corrected chi connectivity index (χ4v) is 1.90. The number of guanidine groups is 1. The van der Waals surface area contributed by atoms with Gasteiger partial charge >= 0.3 is 0 Å². The van der Waals surface area contributed by atoms with Gasteiger partial charge in [0.05, 0.1) is 6.54 Å². The highest BCUT2D eigenvalue weighted by atomic mass is 19.2. The maximum atomic E-state index is 13.1. The van der Waals surface area contributed by atoms with Crippen LogP contribution in [0.4, 0.5) is 8.78 Å². The van der Waals surface area contributed by atoms with E-state index in [4.69, 9.17) is 9.47 Å². The molecule has 5 nitrogen and oxygen atoms in total. The first-order valence-corrected chi connectivity index (χ1v) is 8.35. The van der Waals surface area contributed by atoms with E-state index in [9.17, 15) is 8.78 Å². The van der Waals surface area contributed by atoms with Crippen molar-refractivity contribution < 1.29 is 18.3 Å². The van der Waals surface area contributed by atoms with Crippen molar-refractivity contribution in [2.24, 2.45) is 4.99 Å². The smallest absolute Gasteiger partial charge is 0.191 e. The summed E-state index contributed by atoms with van der Waals surface area (Å²) >= 11 is 0. The molecule has 0 aliphatic carbocycles. The maximum Gasteiger partial charge on any atom is 0.191 e. The van der Waals surface area contributed by atoms with Gasteiger partial charge in [-0.1, -0.05) is 0 Å². The molecule has 136 valence electrons. The van der Waals surface area contributed by atoms with Crippen molar-refractivity contribution >= 4 is 5.96 Å². The molecule has 0 bridgehead atoms. The Labute approximate surface area is 142 Å². The van der Waals surface area contributed by atoms with Crippen LogP contribution in [0.3, 0.4) is 0 Å². The summed E-state index contributed by atoms with van der Waals surface area (Å²) in [6.45, 7) is 7.77. The van der Waals surface area contributed by atoms with E-state index in [0.29, 0.717) is 31.4 Å². The first-order chi connectivity index (χ1) is 11.7. The number of benzene rings is 1. The number of aliphatic imine (C=N–C) groups is 1. The molecule has 0 amide bonds. The van der Waals surface area contributed by atoms with Crippen molar-refractivity contribution in [2.45, 2.75) is 26.7 Å². The second-order valence-electron chi connectivity index (χ2n) is 5.02. The lowest BCUT2D eigenvalue weighted by atomic mass is 10.3. The van der Waals surface area contributed by atoms with Gasteiger partial charge in [0.1, 0.15) is 12.4 Å². The Morgan fingerprint density at radius 3 is 2.62 bits per heavy atom. The van der Waals surface area contributed by atoms with Gasteiger partial charge in [-0.05, 0) is 38.8 Å². The molecule has 0 radical (unpaired) electrons. The van der Waals surface area contributed by atoms with Crippen LogP contribution in [-0.4, -0.2) is 45.4 Å². The summed E-state index contributed by atoms with van der Waals surface area (Å²) in [6, 6.07) is 3.48. The average molecular weight is 343 g/mol. The van der Waals surface area contributed by atoms with Crippen molar-refractivity contribution in [2.75, 3.05) is 39.5 Å². The van der Waals surface area contributed by atoms with Gasteiger partial charge in [-0.15, -0.1) is 0 Å². The highest BCUT2D eigenvalue weighted by Gasteiger charge is 2.03. The van der Waals surface area contributed by atoms with Crippen LogP contribution < -0.4 is 15.4 Å². The number of nitrogens with one attached hydrogen (secondary N) is 2. The molecule has 0 unspecified atom stereocenters. The average Bonchev–Trinajstić information content (AvgIpc) is 2.57. The Morgan fingerprint density at radius 2 is 1.92 bits per heavy atom. The molecule has 1 rings (SSSR count). The van der Waals surface area contributed by atoms with Gasteiger partial charge in [-0.25, -0.2) is 8.78 Å². The quantitative estimate of drug-likeness (QED) is 0.368. The SMILES string of the molecule is CCNC(=NCCCCOCC)NCCOc1ccc(F)c(F)c1. The van der Waals surface area contributed by atoms with Gasteiger partial charge < -0.3 is 20.1 Å². The van der Waals surface area contributed by atoms with Crippen LogP contribution in [0.1, 0.15) is 26.7 Å². The molecule has 0 spiro atoms. The Bertz CT molecular complexity index is 499. The Hall–Kier alpha value is -1.89. The number of unbranched alkanes of at least 4 members (excludes halogenated alkanes) is 1. The summed E-state index contributed by atoms with van der Waals surface area (Å²) in [7, 11) is 0. The van der Waals surface area contributed by atoms with Crippen LogP contribution in [-0.2, 0) is 4.74 Å². The molecule has 0 saturated heterocycles. The van der Waals surface area contributed by atoms with Crippen molar-refractivity contribution in [1.82, 2.24) is 10.6 Å². The number of halogens is 2. The Kier molecular flexibility index (Phi) is 10.5. The summed E-state index contributed by atoms with van der Waals surface area (Å²) in [5.74, 6) is -0.787. The van der Waals surface area contributed by atoms with E-state index >= 15 is 0 Å². The molecule has 0 saturated carbocycles. The molecule has 1 aromatic rings. The predicted molar refractivity (Wildman–Crippen MR) is 91.6 cm³/mol. The molecular weight excluding hydrogens is 316 g/mol. The molecule has 0 aromatic heterocycles. The highest BCUT2D eigenvalue weighted by Crippen LogP contribution is 2.14. The number of hydrogen-bond donors (Lipinski definition) is 2. The van der Waals surface area contributed by atoms with Crippen molar-refractivity contribution in [3.8, 4) is 5.75 Å². The van der Waals surface area contributed by atoms with Crippen LogP contribution >= 0.6 is 0 Å². The zero-order valence-electron chi connectivity index (χ0n) is 14.4. The van der Waals surface area contributed by atoms with Crippen molar-refractivity contribution in [1.29, 1.82) is 0 Å². The topological polar surface area (TPSA) is 54.9 Å². The van der Waals surface area contributed by atoms with Crippen LogP contribution in [0.2, 0.25) is 0 Å². The summed E-state index contributed by atoms with van der Waals surface area (Å²) in [5.41, 5.74) is 0. The van der Waals surface area contributed by atoms with Crippen molar-refractivity contribution in [3.05, 3.63) is 29.8 Å². The number of hydrogen-bond acceptors (Lipinski definition) is 3. The second-order valence-corrected chi connectivity index (χ2v) is 5.02. The minimum absolute atomic E-state index is 0.300. The lowest BCUT2D eigenvalue weighted by molar-refractivity contribution is 0.144. The lowest BCUT2D eigenvalue weighted by Crippen LogP contribution is -2.39. The van der Waals surface area contributed by atoms with Gasteiger partial charge in [-0.3, -0.25) is 4.99 Å². The molecule has 0 atom stereocenters. The van der Waals surface area contributed by atoms with Gasteiger partial charge in [0.25, 0.3) is 0 Å². The Morgan fingerprint density at radius 1 is 1.08 bits per heavy atom. The standard InChI is InChI=1S/C17H27F2N3O2/c1-3-20-17(21-9-5-6-11-23-4-2)22-10-12-24-14-7-8-15(18)16(19)13-14/h7-8,13H,3-6,9-12H2,1-2H3,(H2,20,21,22). The fourth-order valence-electron chi connectivity index (χ4n) is 1.90. The molecule has 0 heterocycles. The monoisotopic (exact) mass is 343 g/mol. The predicted octanol–water partition coefficient (Wildman–Crippen LogP) is 2.72. The van der Waals surface area contributed by atoms with E-state index < -0.39 is 11.6 Å². The van der Waals surface area contributed by atoms with Crippen LogP contribution in [0.5, 0.6) is 5.75 Å².